The summed E-state index contributed by atoms with van der Waals surface area (Å²) in [6, 6.07) is 13.4. The molecule has 22 heavy (non-hydrogen) atoms. The predicted octanol–water partition coefficient (Wildman–Crippen LogP) is 4.29. The zero-order chi connectivity index (χ0) is 16.1. The summed E-state index contributed by atoms with van der Waals surface area (Å²) in [6.45, 7) is 1.51. The lowest BCUT2D eigenvalue weighted by Crippen LogP contribution is -2.30. The third-order valence-electron chi connectivity index (χ3n) is 2.83. The van der Waals surface area contributed by atoms with E-state index in [4.69, 9.17) is 16.3 Å². The maximum atomic E-state index is 12.0. The molecule has 2 aromatic rings. The van der Waals surface area contributed by atoms with E-state index < -0.39 is 18.0 Å². The molecule has 4 nitrogen and oxygen atoms in total. The lowest BCUT2D eigenvalue weighted by Gasteiger charge is -2.13. The second-order valence-corrected chi connectivity index (χ2v) is 5.91. The molecule has 0 aliphatic heterocycles. The number of ether oxygens (including phenoxy) is 1. The van der Waals surface area contributed by atoms with Crippen LogP contribution in [0.2, 0.25) is 5.02 Å². The predicted molar refractivity (Wildman–Crippen MR) is 89.1 cm³/mol. The Labute approximate surface area is 141 Å². The highest BCUT2D eigenvalue weighted by Crippen LogP contribution is 2.16. The number of benzene rings is 2. The van der Waals surface area contributed by atoms with Crippen LogP contribution in [0.4, 0.5) is 5.69 Å². The van der Waals surface area contributed by atoms with E-state index in [2.05, 4.69) is 21.2 Å². The Balaban J connectivity index is 1.96. The molecule has 0 heterocycles. The van der Waals surface area contributed by atoms with Gasteiger partial charge in [-0.2, -0.15) is 0 Å². The van der Waals surface area contributed by atoms with Crippen molar-refractivity contribution in [3.8, 4) is 0 Å². The molecule has 0 fully saturated rings. The highest BCUT2D eigenvalue weighted by Gasteiger charge is 2.19. The van der Waals surface area contributed by atoms with E-state index >= 15 is 0 Å². The van der Waals surface area contributed by atoms with Gasteiger partial charge in [0.25, 0.3) is 5.91 Å². The number of hydrogen-bond acceptors (Lipinski definition) is 3. The van der Waals surface area contributed by atoms with Crippen LogP contribution in [0.15, 0.2) is 53.0 Å². The van der Waals surface area contributed by atoms with E-state index in [1.165, 1.54) is 6.92 Å². The van der Waals surface area contributed by atoms with Gasteiger partial charge in [0.2, 0.25) is 0 Å². The van der Waals surface area contributed by atoms with Gasteiger partial charge in [-0.05, 0) is 49.4 Å². The first kappa shape index (κ1) is 16.5. The van der Waals surface area contributed by atoms with Crippen LogP contribution in [-0.4, -0.2) is 18.0 Å². The Morgan fingerprint density at radius 2 is 1.86 bits per heavy atom. The molecule has 0 radical (unpaired) electrons. The maximum Gasteiger partial charge on any atom is 0.338 e. The SMILES string of the molecule is CC(OC(=O)c1ccc(Br)cc1)C(=O)Nc1cccc(Cl)c1. The van der Waals surface area contributed by atoms with Crippen molar-refractivity contribution < 1.29 is 14.3 Å². The van der Waals surface area contributed by atoms with Crippen LogP contribution in [0.5, 0.6) is 0 Å². The van der Waals surface area contributed by atoms with E-state index in [1.807, 2.05) is 0 Å². The quantitative estimate of drug-likeness (QED) is 0.803. The molecule has 0 aliphatic rings. The van der Waals surface area contributed by atoms with E-state index in [9.17, 15) is 9.59 Å². The van der Waals surface area contributed by atoms with Crippen LogP contribution in [0.1, 0.15) is 17.3 Å². The van der Waals surface area contributed by atoms with Crippen LogP contribution in [0.3, 0.4) is 0 Å². The number of halogens is 2. The van der Waals surface area contributed by atoms with Gasteiger partial charge in [0.1, 0.15) is 0 Å². The first-order valence-electron chi connectivity index (χ1n) is 6.48. The minimum Gasteiger partial charge on any atom is -0.449 e. The molecule has 1 atom stereocenters. The molecule has 2 aromatic carbocycles. The molecule has 0 bridgehead atoms. The molecule has 0 saturated carbocycles. The van der Waals surface area contributed by atoms with Crippen LogP contribution in [0.25, 0.3) is 0 Å². The summed E-state index contributed by atoms with van der Waals surface area (Å²) in [5.41, 5.74) is 0.926. The lowest BCUT2D eigenvalue weighted by molar-refractivity contribution is -0.123. The second kappa shape index (κ2) is 7.42. The van der Waals surface area contributed by atoms with Crippen molar-refractivity contribution in [1.29, 1.82) is 0 Å². The Morgan fingerprint density at radius 1 is 1.18 bits per heavy atom. The molecule has 0 spiro atoms. The molecule has 0 saturated heterocycles. The van der Waals surface area contributed by atoms with Crippen LogP contribution < -0.4 is 5.32 Å². The van der Waals surface area contributed by atoms with Gasteiger partial charge in [0, 0.05) is 15.2 Å². The third-order valence-corrected chi connectivity index (χ3v) is 3.59. The third kappa shape index (κ3) is 4.58. The summed E-state index contributed by atoms with van der Waals surface area (Å²) in [6.07, 6.45) is -0.921. The topological polar surface area (TPSA) is 55.4 Å². The van der Waals surface area contributed by atoms with Gasteiger partial charge in [0.05, 0.1) is 5.56 Å². The molecule has 114 valence electrons. The van der Waals surface area contributed by atoms with E-state index in [1.54, 1.807) is 48.5 Å². The maximum absolute atomic E-state index is 12.0. The van der Waals surface area contributed by atoms with Gasteiger partial charge < -0.3 is 10.1 Å². The van der Waals surface area contributed by atoms with Crippen molar-refractivity contribution in [3.05, 3.63) is 63.6 Å². The van der Waals surface area contributed by atoms with Crippen molar-refractivity contribution in [2.75, 3.05) is 5.32 Å². The van der Waals surface area contributed by atoms with Crippen molar-refractivity contribution in [2.24, 2.45) is 0 Å². The minimum absolute atomic E-state index is 0.380. The van der Waals surface area contributed by atoms with Crippen LogP contribution >= 0.6 is 27.5 Å². The van der Waals surface area contributed by atoms with Gasteiger partial charge >= 0.3 is 5.97 Å². The zero-order valence-corrected chi connectivity index (χ0v) is 14.0. The molecule has 1 unspecified atom stereocenters. The number of hydrogen-bond donors (Lipinski definition) is 1. The first-order chi connectivity index (χ1) is 10.5. The number of carbonyl (C=O) groups is 2. The van der Waals surface area contributed by atoms with Crippen LogP contribution in [0, 0.1) is 0 Å². The number of amides is 1. The average Bonchev–Trinajstić information content (AvgIpc) is 2.47. The Hall–Kier alpha value is -1.85. The summed E-state index contributed by atoms with van der Waals surface area (Å²) in [5, 5.41) is 3.15. The molecule has 1 amide bonds. The van der Waals surface area contributed by atoms with Crippen molar-refractivity contribution in [3.63, 3.8) is 0 Å². The van der Waals surface area contributed by atoms with Crippen molar-refractivity contribution >= 4 is 45.1 Å². The monoisotopic (exact) mass is 381 g/mol. The molecule has 1 N–H and O–H groups in total. The molecule has 6 heteroatoms. The van der Waals surface area contributed by atoms with Gasteiger partial charge in [-0.25, -0.2) is 4.79 Å². The second-order valence-electron chi connectivity index (χ2n) is 4.55. The van der Waals surface area contributed by atoms with Crippen molar-refractivity contribution in [1.82, 2.24) is 0 Å². The van der Waals surface area contributed by atoms with Crippen molar-refractivity contribution in [2.45, 2.75) is 13.0 Å². The lowest BCUT2D eigenvalue weighted by atomic mass is 10.2. The zero-order valence-electron chi connectivity index (χ0n) is 11.7. The average molecular weight is 383 g/mol. The number of nitrogens with one attached hydrogen (secondary N) is 1. The highest BCUT2D eigenvalue weighted by atomic mass is 79.9. The molecule has 0 aliphatic carbocycles. The Bertz CT molecular complexity index is 688. The number of esters is 1. The largest absolute Gasteiger partial charge is 0.449 e. The normalized spacial score (nSPS) is 11.6. The molecular formula is C16H13BrClNO3. The standard InChI is InChI=1S/C16H13BrClNO3/c1-10(15(20)19-14-4-2-3-13(18)9-14)22-16(21)11-5-7-12(17)8-6-11/h2-10H,1H3,(H,19,20). The molecule has 0 aromatic heterocycles. The summed E-state index contributed by atoms with van der Waals surface area (Å²) >= 11 is 9.13. The summed E-state index contributed by atoms with van der Waals surface area (Å²) in [4.78, 5) is 23.9. The number of anilines is 1. The van der Waals surface area contributed by atoms with Gasteiger partial charge in [0.15, 0.2) is 6.10 Å². The fourth-order valence-corrected chi connectivity index (χ4v) is 2.13. The smallest absolute Gasteiger partial charge is 0.338 e. The molecular weight excluding hydrogens is 370 g/mol. The summed E-state index contributed by atoms with van der Waals surface area (Å²) in [5.74, 6) is -0.978. The summed E-state index contributed by atoms with van der Waals surface area (Å²) < 4.78 is 6.00. The van der Waals surface area contributed by atoms with E-state index in [0.717, 1.165) is 4.47 Å². The van der Waals surface area contributed by atoms with Gasteiger partial charge in [-0.3, -0.25) is 4.79 Å². The fraction of sp³-hybridized carbons (Fsp3) is 0.125. The Morgan fingerprint density at radius 3 is 2.50 bits per heavy atom. The fourth-order valence-electron chi connectivity index (χ4n) is 1.68. The minimum atomic E-state index is -0.921. The molecule has 2 rings (SSSR count). The van der Waals surface area contributed by atoms with E-state index in [0.29, 0.717) is 16.3 Å². The number of rotatable bonds is 4. The van der Waals surface area contributed by atoms with E-state index in [-0.39, 0.29) is 0 Å². The van der Waals surface area contributed by atoms with Crippen LogP contribution in [-0.2, 0) is 9.53 Å². The Kier molecular flexibility index (Phi) is 5.57. The summed E-state index contributed by atoms with van der Waals surface area (Å²) in [7, 11) is 0. The number of carbonyl (C=O) groups excluding carboxylic acids is 2. The van der Waals surface area contributed by atoms with Gasteiger partial charge in [-0.15, -0.1) is 0 Å². The van der Waals surface area contributed by atoms with Gasteiger partial charge in [-0.1, -0.05) is 33.6 Å². The first-order valence-corrected chi connectivity index (χ1v) is 7.66. The highest BCUT2D eigenvalue weighted by molar-refractivity contribution is 9.10.